The van der Waals surface area contributed by atoms with Crippen molar-refractivity contribution in [3.8, 4) is 5.75 Å². The van der Waals surface area contributed by atoms with Crippen LogP contribution in [0.2, 0.25) is 0 Å². The molecule has 1 amide bonds. The summed E-state index contributed by atoms with van der Waals surface area (Å²) in [6.45, 7) is 2.99. The number of methoxy groups -OCH3 is 1. The van der Waals surface area contributed by atoms with Crippen molar-refractivity contribution in [2.75, 3.05) is 33.1 Å². The number of oxazole rings is 1. The van der Waals surface area contributed by atoms with Crippen LogP contribution in [0, 0.1) is 6.92 Å². The molecule has 0 fully saturated rings. The summed E-state index contributed by atoms with van der Waals surface area (Å²) in [5.41, 5.74) is 2.86. The molecule has 2 aromatic carbocycles. The first-order valence-corrected chi connectivity index (χ1v) is 10.9. The molecule has 4 aromatic rings. The van der Waals surface area contributed by atoms with Crippen LogP contribution >= 0.6 is 0 Å². The third-order valence-electron chi connectivity index (χ3n) is 5.82. The molecule has 1 N–H and O–H groups in total. The Hall–Kier alpha value is -3.85. The smallest absolute Gasteiger partial charge is 0.419 e. The first-order valence-electron chi connectivity index (χ1n) is 10.9. The van der Waals surface area contributed by atoms with Gasteiger partial charge in [0.05, 0.1) is 12.6 Å². The molecule has 0 spiro atoms. The second-order valence-electron chi connectivity index (χ2n) is 8.41. The summed E-state index contributed by atoms with van der Waals surface area (Å²) in [5.74, 6) is -0.0842. The number of nitrogens with one attached hydrogen (secondary N) is 1. The largest absolute Gasteiger partial charge is 0.497 e. The lowest BCUT2D eigenvalue weighted by Gasteiger charge is -2.10. The van der Waals surface area contributed by atoms with Gasteiger partial charge >= 0.3 is 11.4 Å². The number of rotatable bonds is 8. The fourth-order valence-electron chi connectivity index (χ4n) is 3.90. The van der Waals surface area contributed by atoms with Crippen molar-refractivity contribution in [1.82, 2.24) is 9.47 Å². The number of amides is 1. The molecular formula is C25H27N3O6. The van der Waals surface area contributed by atoms with E-state index in [1.54, 1.807) is 42.0 Å². The Bertz CT molecular complexity index is 1480. The Kier molecular flexibility index (Phi) is 6.56. The lowest BCUT2D eigenvalue weighted by atomic mass is 10.0. The van der Waals surface area contributed by atoms with Crippen LogP contribution in [0.25, 0.3) is 22.1 Å². The molecule has 0 saturated carbocycles. The number of aryl methyl sites for hydroxylation is 1. The first-order chi connectivity index (χ1) is 16.3. The van der Waals surface area contributed by atoms with Crippen LogP contribution in [0.1, 0.15) is 17.5 Å². The summed E-state index contributed by atoms with van der Waals surface area (Å²) in [6, 6.07) is 10.4. The maximum atomic E-state index is 12.6. The molecule has 178 valence electrons. The maximum Gasteiger partial charge on any atom is 0.419 e. The molecule has 0 bridgehead atoms. The number of hydrogen-bond acceptors (Lipinski definition) is 7. The molecule has 0 aliphatic rings. The summed E-state index contributed by atoms with van der Waals surface area (Å²) in [4.78, 5) is 39.3. The average molecular weight is 466 g/mol. The summed E-state index contributed by atoms with van der Waals surface area (Å²) in [6.07, 6.45) is 0.341. The highest BCUT2D eigenvalue weighted by Gasteiger charge is 2.15. The van der Waals surface area contributed by atoms with Crippen molar-refractivity contribution in [2.24, 2.45) is 0 Å². The Morgan fingerprint density at radius 1 is 1.09 bits per heavy atom. The maximum absolute atomic E-state index is 12.6. The molecule has 4 rings (SSSR count). The predicted octanol–water partition coefficient (Wildman–Crippen LogP) is 3.15. The Morgan fingerprint density at radius 3 is 2.62 bits per heavy atom. The number of fused-ring (bicyclic) bond motifs is 2. The topological polar surface area (TPSA) is 107 Å². The van der Waals surface area contributed by atoms with Gasteiger partial charge in [-0.3, -0.25) is 9.36 Å². The standard InChI is InChI=1S/C25H27N3O6/c1-15-18-7-6-17(32-4)14-22(18)33-24(30)19(15)8-10-23(29)26-16-5-9-21-20(13-16)28(25(31)34-21)12-11-27(2)3/h5-7,9,13-14H,8,10-12H2,1-4H3,(H,26,29). The van der Waals surface area contributed by atoms with Crippen LogP contribution in [0.15, 0.2) is 54.8 Å². The molecule has 9 heteroatoms. The molecule has 0 atom stereocenters. The number of hydrogen-bond donors (Lipinski definition) is 1. The highest BCUT2D eigenvalue weighted by Crippen LogP contribution is 2.25. The van der Waals surface area contributed by atoms with Crippen LogP contribution < -0.4 is 21.4 Å². The minimum atomic E-state index is -0.462. The van der Waals surface area contributed by atoms with Gasteiger partial charge in [-0.05, 0) is 63.3 Å². The zero-order valence-corrected chi connectivity index (χ0v) is 19.6. The monoisotopic (exact) mass is 465 g/mol. The van der Waals surface area contributed by atoms with Gasteiger partial charge in [0.15, 0.2) is 5.58 Å². The molecule has 34 heavy (non-hydrogen) atoms. The molecule has 9 nitrogen and oxygen atoms in total. The molecule has 2 heterocycles. The summed E-state index contributed by atoms with van der Waals surface area (Å²) < 4.78 is 17.5. The van der Waals surface area contributed by atoms with Gasteiger partial charge in [0, 0.05) is 42.2 Å². The Morgan fingerprint density at radius 2 is 1.88 bits per heavy atom. The number of anilines is 1. The molecule has 0 unspecified atom stereocenters. The number of aromatic nitrogens is 1. The molecule has 0 saturated heterocycles. The van der Waals surface area contributed by atoms with Gasteiger partial charge in [-0.25, -0.2) is 9.59 Å². The van der Waals surface area contributed by atoms with Crippen LogP contribution in [-0.2, 0) is 17.8 Å². The van der Waals surface area contributed by atoms with Crippen molar-refractivity contribution >= 4 is 33.7 Å². The fraction of sp³-hybridized carbons (Fsp3) is 0.320. The third kappa shape index (κ3) is 4.74. The van der Waals surface area contributed by atoms with Gasteiger partial charge in [0.2, 0.25) is 5.91 Å². The van der Waals surface area contributed by atoms with Crippen molar-refractivity contribution in [1.29, 1.82) is 0 Å². The quantitative estimate of drug-likeness (QED) is 0.398. The van der Waals surface area contributed by atoms with E-state index in [9.17, 15) is 14.4 Å². The Labute approximate surface area is 195 Å². The number of ether oxygens (including phenoxy) is 1. The third-order valence-corrected chi connectivity index (χ3v) is 5.82. The SMILES string of the molecule is COc1ccc2c(C)c(CCC(=O)Nc3ccc4oc(=O)n(CCN(C)C)c4c3)c(=O)oc2c1. The van der Waals surface area contributed by atoms with Crippen LogP contribution in [-0.4, -0.2) is 43.1 Å². The van der Waals surface area contributed by atoms with E-state index >= 15 is 0 Å². The van der Waals surface area contributed by atoms with E-state index < -0.39 is 11.4 Å². The lowest BCUT2D eigenvalue weighted by Crippen LogP contribution is -2.23. The van der Waals surface area contributed by atoms with Gasteiger partial charge in [-0.15, -0.1) is 0 Å². The normalized spacial score (nSPS) is 11.4. The van der Waals surface area contributed by atoms with Crippen molar-refractivity contribution in [2.45, 2.75) is 26.3 Å². The van der Waals surface area contributed by atoms with Crippen molar-refractivity contribution in [3.05, 3.63) is 68.5 Å². The number of likely N-dealkylation sites (N-methyl/N-ethyl adjacent to an activating group) is 1. The van der Waals surface area contributed by atoms with Crippen molar-refractivity contribution < 1.29 is 18.4 Å². The Balaban J connectivity index is 1.50. The minimum absolute atomic E-state index is 0.101. The molecule has 0 aliphatic carbocycles. The van der Waals surface area contributed by atoms with Gasteiger partial charge in [-0.2, -0.15) is 0 Å². The van der Waals surface area contributed by atoms with Crippen molar-refractivity contribution in [3.63, 3.8) is 0 Å². The molecule has 2 aromatic heterocycles. The summed E-state index contributed by atoms with van der Waals surface area (Å²) >= 11 is 0. The number of carbonyl (C=O) groups is 1. The average Bonchev–Trinajstić information content (AvgIpc) is 3.11. The van der Waals surface area contributed by atoms with Crippen LogP contribution in [0.4, 0.5) is 5.69 Å². The van der Waals surface area contributed by atoms with Gasteiger partial charge < -0.3 is 23.8 Å². The van der Waals surface area contributed by atoms with E-state index in [2.05, 4.69) is 5.32 Å². The fourth-order valence-corrected chi connectivity index (χ4v) is 3.90. The molecular weight excluding hydrogens is 438 g/mol. The van der Waals surface area contributed by atoms with E-state index in [4.69, 9.17) is 13.6 Å². The number of carbonyl (C=O) groups excluding carboxylic acids is 1. The first kappa shape index (κ1) is 23.3. The van der Waals surface area contributed by atoms with Crippen LogP contribution in [0.3, 0.4) is 0 Å². The molecule has 0 radical (unpaired) electrons. The predicted molar refractivity (Wildman–Crippen MR) is 130 cm³/mol. The highest BCUT2D eigenvalue weighted by molar-refractivity contribution is 5.93. The summed E-state index contributed by atoms with van der Waals surface area (Å²) in [5, 5.41) is 3.64. The highest BCUT2D eigenvalue weighted by atomic mass is 16.5. The van der Waals surface area contributed by atoms with E-state index in [-0.39, 0.29) is 18.7 Å². The summed E-state index contributed by atoms with van der Waals surface area (Å²) in [7, 11) is 5.40. The zero-order valence-electron chi connectivity index (χ0n) is 19.6. The second kappa shape index (κ2) is 9.56. The van der Waals surface area contributed by atoms with Crippen LogP contribution in [0.5, 0.6) is 5.75 Å². The van der Waals surface area contributed by atoms with Gasteiger partial charge in [0.25, 0.3) is 0 Å². The second-order valence-corrected chi connectivity index (χ2v) is 8.41. The molecule has 0 aliphatic heterocycles. The lowest BCUT2D eigenvalue weighted by molar-refractivity contribution is -0.116. The van der Waals surface area contributed by atoms with Gasteiger partial charge in [-0.1, -0.05) is 0 Å². The zero-order chi connectivity index (χ0) is 24.4. The minimum Gasteiger partial charge on any atom is -0.497 e. The number of nitrogens with zero attached hydrogens (tertiary/aromatic N) is 2. The van der Waals surface area contributed by atoms with E-state index in [1.165, 1.54) is 0 Å². The van der Waals surface area contributed by atoms with Gasteiger partial charge in [0.1, 0.15) is 11.3 Å². The van der Waals surface area contributed by atoms with E-state index in [1.807, 2.05) is 32.0 Å². The van der Waals surface area contributed by atoms with E-state index in [0.29, 0.717) is 46.8 Å². The van der Waals surface area contributed by atoms with E-state index in [0.717, 1.165) is 10.9 Å². The number of benzene rings is 2.